The zero-order valence-electron chi connectivity index (χ0n) is 8.82. The monoisotopic (exact) mass is 214 g/mol. The first-order chi connectivity index (χ1) is 7.63. The van der Waals surface area contributed by atoms with Gasteiger partial charge < -0.3 is 0 Å². The molecule has 0 atom stereocenters. The van der Waals surface area contributed by atoms with Crippen LogP contribution in [0, 0.1) is 0 Å². The Bertz CT molecular complexity index is 524. The van der Waals surface area contributed by atoms with Crippen LogP contribution >= 0.6 is 0 Å². The molecule has 0 unspecified atom stereocenters. The molecular weight excluding hydrogens is 204 g/mol. The van der Waals surface area contributed by atoms with Gasteiger partial charge in [-0.3, -0.25) is 14.4 Å². The summed E-state index contributed by atoms with van der Waals surface area (Å²) in [5.74, 6) is -0.442. The Morgan fingerprint density at radius 1 is 1.06 bits per heavy atom. The highest BCUT2D eigenvalue weighted by atomic mass is 16.1. The van der Waals surface area contributed by atoms with Gasteiger partial charge in [-0.25, -0.2) is 0 Å². The number of fused-ring (bicyclic) bond motifs is 1. The summed E-state index contributed by atoms with van der Waals surface area (Å²) in [6, 6.07) is 4.64. The van der Waals surface area contributed by atoms with E-state index in [2.05, 4.69) is 0 Å². The van der Waals surface area contributed by atoms with Gasteiger partial charge in [-0.2, -0.15) is 0 Å². The minimum Gasteiger partial charge on any atom is -0.294 e. The Kier molecular flexibility index (Phi) is 2.52. The number of carbonyl (C=O) groups excluding carboxylic acids is 3. The van der Waals surface area contributed by atoms with E-state index in [0.29, 0.717) is 23.1 Å². The van der Waals surface area contributed by atoms with Gasteiger partial charge in [0.2, 0.25) is 0 Å². The van der Waals surface area contributed by atoms with Crippen molar-refractivity contribution in [2.45, 2.75) is 13.3 Å². The van der Waals surface area contributed by atoms with E-state index in [1.54, 1.807) is 19.1 Å². The lowest BCUT2D eigenvalue weighted by atomic mass is 9.92. The Labute approximate surface area is 92.8 Å². The van der Waals surface area contributed by atoms with Crippen molar-refractivity contribution in [2.75, 3.05) is 0 Å². The molecule has 0 N–H and O–H groups in total. The van der Waals surface area contributed by atoms with Crippen molar-refractivity contribution >= 4 is 17.3 Å². The first-order valence-corrected chi connectivity index (χ1v) is 5.07. The van der Waals surface area contributed by atoms with Crippen LogP contribution in [0.5, 0.6) is 0 Å². The molecule has 16 heavy (non-hydrogen) atoms. The molecule has 3 nitrogen and oxygen atoms in total. The van der Waals surface area contributed by atoms with Crippen LogP contribution in [0.4, 0.5) is 0 Å². The molecule has 0 saturated heterocycles. The number of Topliss-reactive ketones (excluding diaryl/α,β-unsaturated/α-hetero) is 1. The van der Waals surface area contributed by atoms with E-state index in [0.717, 1.165) is 0 Å². The first-order valence-electron chi connectivity index (χ1n) is 5.07. The van der Waals surface area contributed by atoms with Crippen molar-refractivity contribution in [3.63, 3.8) is 0 Å². The quantitative estimate of drug-likeness (QED) is 0.709. The highest BCUT2D eigenvalue weighted by molar-refractivity contribution is 6.22. The van der Waals surface area contributed by atoms with Crippen LogP contribution in [-0.4, -0.2) is 17.3 Å². The minimum absolute atomic E-state index is 0.0300. The topological polar surface area (TPSA) is 51.2 Å². The van der Waals surface area contributed by atoms with Crippen molar-refractivity contribution < 1.29 is 14.4 Å². The summed E-state index contributed by atoms with van der Waals surface area (Å²) in [4.78, 5) is 34.5. The van der Waals surface area contributed by atoms with Crippen LogP contribution in [0.1, 0.15) is 44.4 Å². The molecule has 2 rings (SSSR count). The Balaban J connectivity index is 2.55. The maximum atomic E-state index is 11.5. The molecule has 80 valence electrons. The second-order valence-electron chi connectivity index (χ2n) is 3.60. The third kappa shape index (κ3) is 1.60. The smallest absolute Gasteiger partial charge is 0.186 e. The number of hydrogen-bond donors (Lipinski definition) is 0. The number of carbonyl (C=O) groups is 3. The summed E-state index contributed by atoms with van der Waals surface area (Å²) in [5, 5.41) is 0. The molecule has 1 aliphatic rings. The van der Waals surface area contributed by atoms with E-state index >= 15 is 0 Å². The molecule has 0 amide bonds. The zero-order chi connectivity index (χ0) is 11.7. The van der Waals surface area contributed by atoms with Gasteiger partial charge in [0.1, 0.15) is 0 Å². The van der Waals surface area contributed by atoms with Crippen molar-refractivity contribution in [3.8, 4) is 0 Å². The fraction of sp³-hybridized carbons (Fsp3) is 0.154. The van der Waals surface area contributed by atoms with Crippen LogP contribution < -0.4 is 0 Å². The second-order valence-corrected chi connectivity index (χ2v) is 3.60. The number of benzene rings is 1. The van der Waals surface area contributed by atoms with Crippen LogP contribution in [0.2, 0.25) is 0 Å². The van der Waals surface area contributed by atoms with Crippen LogP contribution in [0.25, 0.3) is 0 Å². The van der Waals surface area contributed by atoms with Crippen LogP contribution in [0.15, 0.2) is 30.4 Å². The van der Waals surface area contributed by atoms with E-state index in [-0.39, 0.29) is 17.3 Å². The molecule has 0 aliphatic heterocycles. The highest BCUT2D eigenvalue weighted by Gasteiger charge is 2.20. The molecule has 0 bridgehead atoms. The van der Waals surface area contributed by atoms with Crippen LogP contribution in [0.3, 0.4) is 0 Å². The lowest BCUT2D eigenvalue weighted by molar-refractivity contribution is 0.0982. The molecule has 0 aromatic heterocycles. The van der Waals surface area contributed by atoms with Gasteiger partial charge in [0.15, 0.2) is 17.3 Å². The average molecular weight is 214 g/mol. The predicted molar refractivity (Wildman–Crippen MR) is 58.9 cm³/mol. The van der Waals surface area contributed by atoms with Crippen molar-refractivity contribution in [2.24, 2.45) is 0 Å². The lowest BCUT2D eigenvalue weighted by Crippen LogP contribution is -2.12. The van der Waals surface area contributed by atoms with Gasteiger partial charge in [0, 0.05) is 23.1 Å². The summed E-state index contributed by atoms with van der Waals surface area (Å²) in [6.45, 7) is 1.76. The standard InChI is InChI=1S/C13H10O3/c1-2-11(14)8-3-4-9-10(7-8)13(16)6-5-12(9)15/h3-7H,2H2,1H3. The van der Waals surface area contributed by atoms with Gasteiger partial charge in [-0.1, -0.05) is 13.0 Å². The van der Waals surface area contributed by atoms with Crippen LogP contribution in [-0.2, 0) is 0 Å². The lowest BCUT2D eigenvalue weighted by Gasteiger charge is -2.09. The summed E-state index contributed by atoms with van der Waals surface area (Å²) < 4.78 is 0. The molecule has 0 spiro atoms. The Morgan fingerprint density at radius 3 is 2.31 bits per heavy atom. The summed E-state index contributed by atoms with van der Waals surface area (Å²) in [5.41, 5.74) is 1.18. The molecule has 1 aromatic carbocycles. The van der Waals surface area contributed by atoms with Gasteiger partial charge in [-0.05, 0) is 24.3 Å². The summed E-state index contributed by atoms with van der Waals surface area (Å²) in [6.07, 6.45) is 2.88. The normalized spacial score (nSPS) is 13.8. The third-order valence-electron chi connectivity index (χ3n) is 2.58. The van der Waals surface area contributed by atoms with E-state index in [9.17, 15) is 14.4 Å². The van der Waals surface area contributed by atoms with E-state index < -0.39 is 0 Å². The molecule has 0 fully saturated rings. The maximum Gasteiger partial charge on any atom is 0.186 e. The average Bonchev–Trinajstić information content (AvgIpc) is 2.32. The van der Waals surface area contributed by atoms with Crippen molar-refractivity contribution in [1.82, 2.24) is 0 Å². The maximum absolute atomic E-state index is 11.5. The summed E-state index contributed by atoms with van der Waals surface area (Å²) >= 11 is 0. The van der Waals surface area contributed by atoms with Gasteiger partial charge in [-0.15, -0.1) is 0 Å². The number of ketones is 3. The Morgan fingerprint density at radius 2 is 1.69 bits per heavy atom. The predicted octanol–water partition coefficient (Wildman–Crippen LogP) is 2.21. The molecule has 1 aliphatic carbocycles. The largest absolute Gasteiger partial charge is 0.294 e. The first kappa shape index (κ1) is 10.5. The van der Waals surface area contributed by atoms with Crippen molar-refractivity contribution in [3.05, 3.63) is 47.0 Å². The van der Waals surface area contributed by atoms with E-state index in [1.165, 1.54) is 18.2 Å². The molecule has 0 radical (unpaired) electrons. The molecule has 3 heteroatoms. The second kappa shape index (κ2) is 3.85. The molecule has 1 aromatic rings. The van der Waals surface area contributed by atoms with Crippen molar-refractivity contribution in [1.29, 1.82) is 0 Å². The summed E-state index contributed by atoms with van der Waals surface area (Å²) in [7, 11) is 0. The highest BCUT2D eigenvalue weighted by Crippen LogP contribution is 2.19. The minimum atomic E-state index is -0.222. The van der Waals surface area contributed by atoms with Gasteiger partial charge >= 0.3 is 0 Å². The number of allylic oxidation sites excluding steroid dienone is 2. The molecule has 0 saturated carbocycles. The Hall–Kier alpha value is -2.03. The number of hydrogen-bond acceptors (Lipinski definition) is 3. The SMILES string of the molecule is CCC(=O)c1ccc2c(c1)C(=O)C=CC2=O. The fourth-order valence-corrected chi connectivity index (χ4v) is 1.67. The van der Waals surface area contributed by atoms with E-state index in [4.69, 9.17) is 0 Å². The third-order valence-corrected chi connectivity index (χ3v) is 2.58. The zero-order valence-corrected chi connectivity index (χ0v) is 8.82. The van der Waals surface area contributed by atoms with E-state index in [1.807, 2.05) is 0 Å². The fourth-order valence-electron chi connectivity index (χ4n) is 1.67. The molecule has 0 heterocycles. The molecular formula is C13H10O3. The van der Waals surface area contributed by atoms with Gasteiger partial charge in [0.25, 0.3) is 0 Å². The number of rotatable bonds is 2. The van der Waals surface area contributed by atoms with Gasteiger partial charge in [0.05, 0.1) is 0 Å².